The van der Waals surface area contributed by atoms with Gasteiger partial charge in [0.25, 0.3) is 0 Å². The third-order valence-electron chi connectivity index (χ3n) is 1.90. The molecule has 0 atom stereocenters. The summed E-state index contributed by atoms with van der Waals surface area (Å²) in [6, 6.07) is 8.04. The molecule has 0 amide bonds. The Kier molecular flexibility index (Phi) is 4.77. The number of hydrogen-bond acceptors (Lipinski definition) is 2. The molecule has 0 saturated heterocycles. The molecule has 0 aliphatic carbocycles. The van der Waals surface area contributed by atoms with Gasteiger partial charge < -0.3 is 11.1 Å². The van der Waals surface area contributed by atoms with E-state index in [-0.39, 0.29) is 0 Å². The fraction of sp³-hybridized carbons (Fsp3) is 0.333. The van der Waals surface area contributed by atoms with Gasteiger partial charge in [-0.3, -0.25) is 0 Å². The standard InChI is InChI=1S/C12H16N2/c1-14-8-3-2-5-11-6-4-7-12(9-11)10-13/h4,6-7,9,14H,3,8,10,13H2,1H3. The van der Waals surface area contributed by atoms with Gasteiger partial charge in [-0.15, -0.1) is 0 Å². The van der Waals surface area contributed by atoms with Gasteiger partial charge in [0.1, 0.15) is 0 Å². The molecule has 0 aliphatic rings. The van der Waals surface area contributed by atoms with Crippen LogP contribution in [0.25, 0.3) is 0 Å². The van der Waals surface area contributed by atoms with Crippen LogP contribution in [-0.4, -0.2) is 13.6 Å². The van der Waals surface area contributed by atoms with Gasteiger partial charge in [0, 0.05) is 25.1 Å². The van der Waals surface area contributed by atoms with E-state index in [4.69, 9.17) is 5.73 Å². The van der Waals surface area contributed by atoms with Crippen molar-refractivity contribution in [1.29, 1.82) is 0 Å². The minimum atomic E-state index is 0.575. The molecule has 0 fully saturated rings. The van der Waals surface area contributed by atoms with Gasteiger partial charge in [-0.05, 0) is 24.7 Å². The maximum Gasteiger partial charge on any atom is 0.0248 e. The van der Waals surface area contributed by atoms with E-state index in [1.807, 2.05) is 31.3 Å². The van der Waals surface area contributed by atoms with Crippen LogP contribution >= 0.6 is 0 Å². The molecule has 1 aromatic carbocycles. The Balaban J connectivity index is 2.60. The van der Waals surface area contributed by atoms with E-state index < -0.39 is 0 Å². The van der Waals surface area contributed by atoms with Crippen molar-refractivity contribution in [3.63, 3.8) is 0 Å². The minimum absolute atomic E-state index is 0.575. The Bertz CT molecular complexity index is 334. The number of hydrogen-bond donors (Lipinski definition) is 2. The fourth-order valence-electron chi connectivity index (χ4n) is 1.13. The Labute approximate surface area is 85.5 Å². The lowest BCUT2D eigenvalue weighted by atomic mass is 10.1. The van der Waals surface area contributed by atoms with Crippen LogP contribution in [-0.2, 0) is 6.54 Å². The monoisotopic (exact) mass is 188 g/mol. The van der Waals surface area contributed by atoms with Gasteiger partial charge in [-0.25, -0.2) is 0 Å². The molecule has 2 nitrogen and oxygen atoms in total. The van der Waals surface area contributed by atoms with E-state index in [1.54, 1.807) is 0 Å². The second-order valence-electron chi connectivity index (χ2n) is 3.06. The first-order chi connectivity index (χ1) is 6.86. The molecule has 0 aliphatic heterocycles. The van der Waals surface area contributed by atoms with Gasteiger partial charge in [-0.2, -0.15) is 0 Å². The predicted octanol–water partition coefficient (Wildman–Crippen LogP) is 1.11. The Morgan fingerprint density at radius 2 is 2.29 bits per heavy atom. The van der Waals surface area contributed by atoms with Crippen LogP contribution in [0, 0.1) is 11.8 Å². The molecule has 14 heavy (non-hydrogen) atoms. The average Bonchev–Trinajstić information content (AvgIpc) is 2.25. The predicted molar refractivity (Wildman–Crippen MR) is 59.8 cm³/mol. The molecule has 0 aromatic heterocycles. The first-order valence-corrected chi connectivity index (χ1v) is 4.79. The quantitative estimate of drug-likeness (QED) is 0.551. The summed E-state index contributed by atoms with van der Waals surface area (Å²) in [6.45, 7) is 1.51. The molecule has 0 unspecified atom stereocenters. The molecule has 0 saturated carbocycles. The first kappa shape index (κ1) is 10.8. The van der Waals surface area contributed by atoms with E-state index in [1.165, 1.54) is 0 Å². The number of nitrogens with two attached hydrogens (primary N) is 1. The van der Waals surface area contributed by atoms with Crippen LogP contribution in [0.15, 0.2) is 24.3 Å². The third-order valence-corrected chi connectivity index (χ3v) is 1.90. The van der Waals surface area contributed by atoms with Gasteiger partial charge in [0.2, 0.25) is 0 Å². The molecule has 74 valence electrons. The highest BCUT2D eigenvalue weighted by Gasteiger charge is 1.89. The van der Waals surface area contributed by atoms with Gasteiger partial charge in [0.15, 0.2) is 0 Å². The lowest BCUT2D eigenvalue weighted by molar-refractivity contribution is 0.818. The third kappa shape index (κ3) is 3.61. The van der Waals surface area contributed by atoms with Crippen molar-refractivity contribution < 1.29 is 0 Å². The highest BCUT2D eigenvalue weighted by molar-refractivity contribution is 5.37. The molecule has 3 N–H and O–H groups in total. The largest absolute Gasteiger partial charge is 0.326 e. The van der Waals surface area contributed by atoms with Crippen LogP contribution in [0.2, 0.25) is 0 Å². The van der Waals surface area contributed by atoms with E-state index in [0.29, 0.717) is 6.54 Å². The molecule has 0 spiro atoms. The van der Waals surface area contributed by atoms with Crippen LogP contribution in [0.1, 0.15) is 17.5 Å². The van der Waals surface area contributed by atoms with E-state index in [2.05, 4.69) is 17.2 Å². The highest BCUT2D eigenvalue weighted by atomic mass is 14.8. The van der Waals surface area contributed by atoms with Crippen LogP contribution < -0.4 is 11.1 Å². The number of rotatable bonds is 3. The van der Waals surface area contributed by atoms with Crippen molar-refractivity contribution in [2.45, 2.75) is 13.0 Å². The van der Waals surface area contributed by atoms with Crippen molar-refractivity contribution in [3.8, 4) is 11.8 Å². The topological polar surface area (TPSA) is 38.0 Å². The number of nitrogens with one attached hydrogen (secondary N) is 1. The van der Waals surface area contributed by atoms with E-state index in [9.17, 15) is 0 Å². The minimum Gasteiger partial charge on any atom is -0.326 e. The molecular formula is C12H16N2. The lowest BCUT2D eigenvalue weighted by Gasteiger charge is -1.96. The average molecular weight is 188 g/mol. The molecule has 0 bridgehead atoms. The Hall–Kier alpha value is -1.30. The maximum atomic E-state index is 5.54. The summed E-state index contributed by atoms with van der Waals surface area (Å²) in [4.78, 5) is 0. The summed E-state index contributed by atoms with van der Waals surface area (Å²) in [5.41, 5.74) is 7.71. The highest BCUT2D eigenvalue weighted by Crippen LogP contribution is 2.02. The summed E-state index contributed by atoms with van der Waals surface area (Å²) in [5, 5.41) is 3.05. The van der Waals surface area contributed by atoms with Gasteiger partial charge >= 0.3 is 0 Å². The summed E-state index contributed by atoms with van der Waals surface area (Å²) in [5.74, 6) is 6.21. The lowest BCUT2D eigenvalue weighted by Crippen LogP contribution is -2.05. The Morgan fingerprint density at radius 3 is 3.00 bits per heavy atom. The van der Waals surface area contributed by atoms with Gasteiger partial charge in [-0.1, -0.05) is 24.0 Å². The van der Waals surface area contributed by atoms with Crippen LogP contribution in [0.4, 0.5) is 0 Å². The summed E-state index contributed by atoms with van der Waals surface area (Å²) in [7, 11) is 1.93. The zero-order valence-corrected chi connectivity index (χ0v) is 8.51. The maximum absolute atomic E-state index is 5.54. The van der Waals surface area contributed by atoms with Gasteiger partial charge in [0.05, 0.1) is 0 Å². The zero-order chi connectivity index (χ0) is 10.2. The Morgan fingerprint density at radius 1 is 1.43 bits per heavy atom. The number of benzene rings is 1. The van der Waals surface area contributed by atoms with Crippen molar-refractivity contribution in [2.75, 3.05) is 13.6 Å². The summed E-state index contributed by atoms with van der Waals surface area (Å²) < 4.78 is 0. The second kappa shape index (κ2) is 6.20. The van der Waals surface area contributed by atoms with Crippen LogP contribution in [0.3, 0.4) is 0 Å². The SMILES string of the molecule is CNCCC#Cc1cccc(CN)c1. The normalized spacial score (nSPS) is 9.29. The molecule has 1 rings (SSSR count). The smallest absolute Gasteiger partial charge is 0.0248 e. The molecule has 0 heterocycles. The van der Waals surface area contributed by atoms with Crippen LogP contribution in [0.5, 0.6) is 0 Å². The van der Waals surface area contributed by atoms with Crippen molar-refractivity contribution in [3.05, 3.63) is 35.4 Å². The van der Waals surface area contributed by atoms with E-state index in [0.717, 1.165) is 24.1 Å². The van der Waals surface area contributed by atoms with E-state index >= 15 is 0 Å². The summed E-state index contributed by atoms with van der Waals surface area (Å²) >= 11 is 0. The van der Waals surface area contributed by atoms with Crippen molar-refractivity contribution >= 4 is 0 Å². The molecule has 2 heteroatoms. The molecule has 1 aromatic rings. The zero-order valence-electron chi connectivity index (χ0n) is 8.51. The summed E-state index contributed by atoms with van der Waals surface area (Å²) in [6.07, 6.45) is 0.878. The molecule has 0 radical (unpaired) electrons. The first-order valence-electron chi connectivity index (χ1n) is 4.79. The van der Waals surface area contributed by atoms with Crippen molar-refractivity contribution in [2.24, 2.45) is 5.73 Å². The second-order valence-corrected chi connectivity index (χ2v) is 3.06. The fourth-order valence-corrected chi connectivity index (χ4v) is 1.13. The molecular weight excluding hydrogens is 172 g/mol. The van der Waals surface area contributed by atoms with Crippen molar-refractivity contribution in [1.82, 2.24) is 5.32 Å².